The van der Waals surface area contributed by atoms with Crippen LogP contribution in [0.15, 0.2) is 51.8 Å². The molecule has 0 unspecified atom stereocenters. The highest BCUT2D eigenvalue weighted by Gasteiger charge is 2.34. The molecule has 0 bridgehead atoms. The molecule has 0 spiro atoms. The number of hydrogen-bond donors (Lipinski definition) is 0. The summed E-state index contributed by atoms with van der Waals surface area (Å²) in [6, 6.07) is 13.7. The van der Waals surface area contributed by atoms with Crippen LogP contribution in [0.4, 0.5) is 4.79 Å². The standard InChI is InChI=1S/C20H17BrINO4S/c1-26-9-8-23-19(24)18(28-20(23)25)11-14-4-7-17(16(21)10-14)27-12-13-2-5-15(22)6-3-13/h2-7,10-11H,8-9,12H2,1H3/b18-11+. The first-order valence-electron chi connectivity index (χ1n) is 8.39. The zero-order valence-corrected chi connectivity index (χ0v) is 19.5. The molecule has 0 aromatic heterocycles. The van der Waals surface area contributed by atoms with Crippen molar-refractivity contribution < 1.29 is 19.1 Å². The van der Waals surface area contributed by atoms with Gasteiger partial charge in [-0.25, -0.2) is 0 Å². The fraction of sp³-hybridized carbons (Fsp3) is 0.200. The number of benzene rings is 2. The van der Waals surface area contributed by atoms with Crippen LogP contribution in [0.5, 0.6) is 5.75 Å². The van der Waals surface area contributed by atoms with E-state index in [-0.39, 0.29) is 17.7 Å². The van der Waals surface area contributed by atoms with Crippen molar-refractivity contribution >= 4 is 67.5 Å². The number of methoxy groups -OCH3 is 1. The number of carbonyl (C=O) groups excluding carboxylic acids is 2. The first kappa shape index (κ1) is 21.4. The molecule has 2 aromatic carbocycles. The average molecular weight is 574 g/mol. The Balaban J connectivity index is 1.68. The van der Waals surface area contributed by atoms with E-state index in [1.54, 1.807) is 6.08 Å². The summed E-state index contributed by atoms with van der Waals surface area (Å²) in [7, 11) is 1.54. The highest BCUT2D eigenvalue weighted by atomic mass is 127. The van der Waals surface area contributed by atoms with Crippen LogP contribution in [0.25, 0.3) is 6.08 Å². The summed E-state index contributed by atoms with van der Waals surface area (Å²) in [5.74, 6) is 0.422. The maximum Gasteiger partial charge on any atom is 0.293 e. The lowest BCUT2D eigenvalue weighted by atomic mass is 10.2. The van der Waals surface area contributed by atoms with Gasteiger partial charge in [-0.3, -0.25) is 14.5 Å². The van der Waals surface area contributed by atoms with E-state index in [4.69, 9.17) is 9.47 Å². The summed E-state index contributed by atoms with van der Waals surface area (Å²) in [4.78, 5) is 26.0. The second kappa shape index (κ2) is 9.91. The van der Waals surface area contributed by atoms with Crippen LogP contribution in [0.1, 0.15) is 11.1 Å². The molecule has 146 valence electrons. The number of halogens is 2. The quantitative estimate of drug-likeness (QED) is 0.332. The minimum atomic E-state index is -0.290. The number of hydrogen-bond acceptors (Lipinski definition) is 5. The summed E-state index contributed by atoms with van der Waals surface area (Å²) in [5.41, 5.74) is 1.90. The maximum atomic E-state index is 12.4. The molecular weight excluding hydrogens is 557 g/mol. The highest BCUT2D eigenvalue weighted by Crippen LogP contribution is 2.34. The topological polar surface area (TPSA) is 55.8 Å². The SMILES string of the molecule is COCCN1C(=O)S/C(=C/c2ccc(OCc3ccc(I)cc3)c(Br)c2)C1=O. The molecule has 1 heterocycles. The number of imide groups is 1. The molecule has 0 atom stereocenters. The molecule has 1 aliphatic heterocycles. The largest absolute Gasteiger partial charge is 0.488 e. The molecule has 0 radical (unpaired) electrons. The zero-order chi connectivity index (χ0) is 20.1. The van der Waals surface area contributed by atoms with Crippen LogP contribution in [-0.2, 0) is 16.1 Å². The van der Waals surface area contributed by atoms with Gasteiger partial charge in [-0.1, -0.05) is 18.2 Å². The number of nitrogens with zero attached hydrogens (tertiary/aromatic N) is 1. The third-order valence-electron chi connectivity index (χ3n) is 3.95. The molecule has 5 nitrogen and oxygen atoms in total. The lowest BCUT2D eigenvalue weighted by Gasteiger charge is -2.11. The number of carbonyl (C=O) groups is 2. The van der Waals surface area contributed by atoms with Gasteiger partial charge in [0, 0.05) is 10.7 Å². The molecule has 0 aliphatic carbocycles. The minimum absolute atomic E-state index is 0.257. The molecule has 2 aromatic rings. The van der Waals surface area contributed by atoms with E-state index < -0.39 is 0 Å². The Kier molecular flexibility index (Phi) is 7.55. The predicted octanol–water partition coefficient (Wildman–Crippen LogP) is 5.32. The van der Waals surface area contributed by atoms with Crippen LogP contribution >= 0.6 is 50.3 Å². The molecule has 0 saturated carbocycles. The summed E-state index contributed by atoms with van der Waals surface area (Å²) >= 11 is 6.72. The summed E-state index contributed by atoms with van der Waals surface area (Å²) in [6.45, 7) is 1.05. The molecule has 1 aliphatic rings. The van der Waals surface area contributed by atoms with Crippen molar-refractivity contribution in [3.05, 3.63) is 66.5 Å². The van der Waals surface area contributed by atoms with Gasteiger partial charge >= 0.3 is 0 Å². The van der Waals surface area contributed by atoms with Crippen molar-refractivity contribution in [3.8, 4) is 5.75 Å². The van der Waals surface area contributed by atoms with Gasteiger partial charge in [0.1, 0.15) is 12.4 Å². The van der Waals surface area contributed by atoms with E-state index in [1.807, 2.05) is 42.5 Å². The van der Waals surface area contributed by atoms with Gasteiger partial charge in [-0.2, -0.15) is 0 Å². The van der Waals surface area contributed by atoms with E-state index in [0.717, 1.165) is 27.4 Å². The molecule has 3 rings (SSSR count). The molecule has 1 saturated heterocycles. The Bertz CT molecular complexity index is 917. The average Bonchev–Trinajstić information content (AvgIpc) is 2.94. The van der Waals surface area contributed by atoms with Gasteiger partial charge in [-0.05, 0) is 91.8 Å². The first-order chi connectivity index (χ1) is 13.5. The summed E-state index contributed by atoms with van der Waals surface area (Å²) in [5, 5.41) is -0.273. The van der Waals surface area contributed by atoms with E-state index in [1.165, 1.54) is 15.6 Å². The lowest BCUT2D eigenvalue weighted by Crippen LogP contribution is -2.31. The predicted molar refractivity (Wildman–Crippen MR) is 122 cm³/mol. The van der Waals surface area contributed by atoms with Crippen molar-refractivity contribution in [1.29, 1.82) is 0 Å². The van der Waals surface area contributed by atoms with E-state index in [0.29, 0.717) is 23.9 Å². The monoisotopic (exact) mass is 573 g/mol. The summed E-state index contributed by atoms with van der Waals surface area (Å²) < 4.78 is 12.8. The van der Waals surface area contributed by atoms with Gasteiger partial charge < -0.3 is 9.47 Å². The fourth-order valence-corrected chi connectivity index (χ4v) is 4.23. The third-order valence-corrected chi connectivity index (χ3v) is 6.20. The molecule has 0 N–H and O–H groups in total. The highest BCUT2D eigenvalue weighted by molar-refractivity contribution is 14.1. The molecule has 2 amide bonds. The minimum Gasteiger partial charge on any atom is -0.488 e. The van der Waals surface area contributed by atoms with Gasteiger partial charge in [0.15, 0.2) is 0 Å². The van der Waals surface area contributed by atoms with E-state index in [9.17, 15) is 9.59 Å². The van der Waals surface area contributed by atoms with Gasteiger partial charge in [0.05, 0.1) is 22.5 Å². The Hall–Kier alpha value is -1.36. The van der Waals surface area contributed by atoms with Crippen LogP contribution < -0.4 is 4.74 Å². The van der Waals surface area contributed by atoms with E-state index >= 15 is 0 Å². The van der Waals surface area contributed by atoms with Crippen LogP contribution in [-0.4, -0.2) is 36.3 Å². The summed E-state index contributed by atoms with van der Waals surface area (Å²) in [6.07, 6.45) is 1.71. The number of rotatable bonds is 7. The van der Waals surface area contributed by atoms with Crippen molar-refractivity contribution in [3.63, 3.8) is 0 Å². The Morgan fingerprint density at radius 3 is 2.61 bits per heavy atom. The molecular formula is C20H17BrINO4S. The van der Waals surface area contributed by atoms with Crippen molar-refractivity contribution in [2.75, 3.05) is 20.3 Å². The molecule has 8 heteroatoms. The van der Waals surface area contributed by atoms with Gasteiger partial charge in [0.25, 0.3) is 11.1 Å². The number of ether oxygens (including phenoxy) is 2. The number of thioether (sulfide) groups is 1. The van der Waals surface area contributed by atoms with Crippen molar-refractivity contribution in [1.82, 2.24) is 4.90 Å². The van der Waals surface area contributed by atoms with Crippen LogP contribution in [0, 0.1) is 3.57 Å². The van der Waals surface area contributed by atoms with Crippen LogP contribution in [0.3, 0.4) is 0 Å². The van der Waals surface area contributed by atoms with Gasteiger partial charge in [-0.15, -0.1) is 0 Å². The normalized spacial score (nSPS) is 15.5. The smallest absolute Gasteiger partial charge is 0.293 e. The maximum absolute atomic E-state index is 12.4. The molecule has 28 heavy (non-hydrogen) atoms. The van der Waals surface area contributed by atoms with Crippen molar-refractivity contribution in [2.24, 2.45) is 0 Å². The number of amides is 2. The Labute approximate surface area is 189 Å². The molecule has 1 fully saturated rings. The third kappa shape index (κ3) is 5.37. The Morgan fingerprint density at radius 1 is 1.18 bits per heavy atom. The second-order valence-electron chi connectivity index (χ2n) is 5.93. The zero-order valence-electron chi connectivity index (χ0n) is 15.0. The van der Waals surface area contributed by atoms with E-state index in [2.05, 4.69) is 38.5 Å². The fourth-order valence-electron chi connectivity index (χ4n) is 2.49. The lowest BCUT2D eigenvalue weighted by molar-refractivity contribution is -0.123. The van der Waals surface area contributed by atoms with Crippen LogP contribution in [0.2, 0.25) is 0 Å². The van der Waals surface area contributed by atoms with Crippen molar-refractivity contribution in [2.45, 2.75) is 6.61 Å². The van der Waals surface area contributed by atoms with Gasteiger partial charge in [0.2, 0.25) is 0 Å². The first-order valence-corrected chi connectivity index (χ1v) is 11.1. The second-order valence-corrected chi connectivity index (χ2v) is 9.02. The Morgan fingerprint density at radius 2 is 1.93 bits per heavy atom.